The van der Waals surface area contributed by atoms with Gasteiger partial charge in [-0.05, 0) is 60.0 Å². The Kier molecular flexibility index (Phi) is 4.01. The van der Waals surface area contributed by atoms with Gasteiger partial charge in [0.05, 0.1) is 23.5 Å². The molecule has 0 saturated heterocycles. The molecule has 1 atom stereocenters. The molecule has 28 heavy (non-hydrogen) atoms. The van der Waals surface area contributed by atoms with Gasteiger partial charge in [0, 0.05) is 18.3 Å². The lowest BCUT2D eigenvalue weighted by atomic mass is 9.73. The number of anilines is 1. The average molecular weight is 445 g/mol. The lowest BCUT2D eigenvalue weighted by molar-refractivity contribution is -0.385. The van der Waals surface area contributed by atoms with Crippen LogP contribution in [-0.4, -0.2) is 24.8 Å². The third-order valence-corrected chi connectivity index (χ3v) is 6.85. The maximum Gasteiger partial charge on any atom is 0.288 e. The molecule has 1 unspecified atom stereocenters. The summed E-state index contributed by atoms with van der Waals surface area (Å²) in [5.41, 5.74) is 2.68. The predicted molar refractivity (Wildman–Crippen MR) is 112 cm³/mol. The molecule has 0 aliphatic carbocycles. The maximum absolute atomic E-state index is 11.5. The van der Waals surface area contributed by atoms with Crippen LogP contribution in [-0.2, 0) is 5.41 Å². The van der Waals surface area contributed by atoms with Crippen molar-refractivity contribution >= 4 is 33.4 Å². The van der Waals surface area contributed by atoms with Crippen LogP contribution in [0.15, 0.2) is 40.4 Å². The van der Waals surface area contributed by atoms with Crippen LogP contribution < -0.4 is 14.4 Å². The zero-order chi connectivity index (χ0) is 20.4. The van der Waals surface area contributed by atoms with E-state index in [9.17, 15) is 10.1 Å². The highest BCUT2D eigenvalue weighted by molar-refractivity contribution is 9.10. The summed E-state index contributed by atoms with van der Waals surface area (Å²) in [7, 11) is 3.51. The molecule has 1 spiro atoms. The Morgan fingerprint density at radius 1 is 1.29 bits per heavy atom. The molecule has 4 rings (SSSR count). The number of nitro groups is 1. The Bertz CT molecular complexity index is 1050. The van der Waals surface area contributed by atoms with E-state index in [2.05, 4.69) is 46.8 Å². The number of halogens is 1. The predicted octanol–water partition coefficient (Wildman–Crippen LogP) is 5.29. The van der Waals surface area contributed by atoms with E-state index in [0.717, 1.165) is 11.3 Å². The number of nitrogens with zero attached hydrogens (tertiary/aromatic N) is 2. The van der Waals surface area contributed by atoms with Gasteiger partial charge in [-0.3, -0.25) is 10.1 Å². The summed E-state index contributed by atoms with van der Waals surface area (Å²) in [6.45, 7) is 6.32. The molecular weight excluding hydrogens is 424 g/mol. The summed E-state index contributed by atoms with van der Waals surface area (Å²) in [6, 6.07) is 9.65. The zero-order valence-corrected chi connectivity index (χ0v) is 18.0. The minimum atomic E-state index is -0.771. The third-order valence-electron chi connectivity index (χ3n) is 6.02. The standard InChI is InChI=1S/C21H21BrN2O4/c1-12-10-13-18(22)16(24(25)26)11-17(27-5)19(13)28-21(12)20(2,3)14-8-6-7-9-15(14)23(21)4/h6-11H,1-5H3. The molecule has 2 aromatic carbocycles. The number of hydrogen-bond donors (Lipinski definition) is 0. The van der Waals surface area contributed by atoms with Gasteiger partial charge in [-0.15, -0.1) is 0 Å². The molecule has 0 saturated carbocycles. The molecule has 146 valence electrons. The first-order chi connectivity index (χ1) is 13.2. The van der Waals surface area contributed by atoms with Gasteiger partial charge in [0.2, 0.25) is 5.72 Å². The fourth-order valence-corrected chi connectivity index (χ4v) is 5.26. The van der Waals surface area contributed by atoms with Crippen LogP contribution >= 0.6 is 15.9 Å². The van der Waals surface area contributed by atoms with Crippen LogP contribution in [0.5, 0.6) is 11.5 Å². The Hall–Kier alpha value is -2.54. The van der Waals surface area contributed by atoms with E-state index in [1.54, 1.807) is 0 Å². The fraction of sp³-hybridized carbons (Fsp3) is 0.333. The number of fused-ring (bicyclic) bond motifs is 2. The summed E-state index contributed by atoms with van der Waals surface area (Å²) >= 11 is 3.39. The van der Waals surface area contributed by atoms with Crippen LogP contribution in [0.4, 0.5) is 11.4 Å². The molecular formula is C21H21BrN2O4. The summed E-state index contributed by atoms with van der Waals surface area (Å²) in [4.78, 5) is 13.2. The van der Waals surface area contributed by atoms with Crippen LogP contribution in [0.3, 0.4) is 0 Å². The van der Waals surface area contributed by atoms with Gasteiger partial charge < -0.3 is 14.4 Å². The molecule has 6 nitrogen and oxygen atoms in total. The van der Waals surface area contributed by atoms with Crippen LogP contribution in [0.25, 0.3) is 6.08 Å². The number of nitro benzene ring substituents is 1. The summed E-state index contributed by atoms with van der Waals surface area (Å²) in [6.07, 6.45) is 1.96. The highest BCUT2D eigenvalue weighted by atomic mass is 79.9. The lowest BCUT2D eigenvalue weighted by Gasteiger charge is -2.49. The molecule has 0 aromatic heterocycles. The first-order valence-electron chi connectivity index (χ1n) is 8.92. The Morgan fingerprint density at radius 2 is 1.96 bits per heavy atom. The number of likely N-dealkylation sites (N-methyl/N-ethyl adjacent to an activating group) is 1. The van der Waals surface area contributed by atoms with Crippen molar-refractivity contribution in [1.29, 1.82) is 0 Å². The van der Waals surface area contributed by atoms with E-state index in [0.29, 0.717) is 21.5 Å². The molecule has 0 amide bonds. The first-order valence-corrected chi connectivity index (χ1v) is 9.72. The number of hydrogen-bond acceptors (Lipinski definition) is 5. The van der Waals surface area contributed by atoms with Crippen molar-refractivity contribution in [2.75, 3.05) is 19.1 Å². The second-order valence-electron chi connectivity index (χ2n) is 7.69. The van der Waals surface area contributed by atoms with Gasteiger partial charge in [-0.25, -0.2) is 0 Å². The Morgan fingerprint density at radius 3 is 2.57 bits per heavy atom. The number of ether oxygens (including phenoxy) is 2. The van der Waals surface area contributed by atoms with E-state index < -0.39 is 10.6 Å². The highest BCUT2D eigenvalue weighted by Gasteiger charge is 2.60. The minimum Gasteiger partial charge on any atom is -0.493 e. The van der Waals surface area contributed by atoms with E-state index in [1.165, 1.54) is 18.7 Å². The largest absolute Gasteiger partial charge is 0.493 e. The molecule has 0 N–H and O–H groups in total. The maximum atomic E-state index is 11.5. The normalized spacial score (nSPS) is 21.6. The number of methoxy groups -OCH3 is 1. The van der Waals surface area contributed by atoms with E-state index in [4.69, 9.17) is 9.47 Å². The van der Waals surface area contributed by atoms with Crippen molar-refractivity contribution in [3.63, 3.8) is 0 Å². The van der Waals surface area contributed by atoms with Gasteiger partial charge in [-0.1, -0.05) is 18.2 Å². The smallest absolute Gasteiger partial charge is 0.288 e. The molecule has 2 aliphatic rings. The SMILES string of the molecule is COc1cc([N+](=O)[O-])c(Br)c2c1OC1(C(C)=C2)N(C)c2ccccc2C1(C)C. The van der Waals surface area contributed by atoms with Crippen LogP contribution in [0.1, 0.15) is 31.9 Å². The Labute approximate surface area is 172 Å². The van der Waals surface area contributed by atoms with Crippen molar-refractivity contribution in [2.24, 2.45) is 0 Å². The monoisotopic (exact) mass is 444 g/mol. The second-order valence-corrected chi connectivity index (χ2v) is 8.48. The van der Waals surface area contributed by atoms with Crippen molar-refractivity contribution in [3.05, 3.63) is 61.6 Å². The molecule has 0 bridgehead atoms. The quantitative estimate of drug-likeness (QED) is 0.465. The van der Waals surface area contributed by atoms with Crippen molar-refractivity contribution in [2.45, 2.75) is 31.9 Å². The Balaban J connectivity index is 1.99. The number of para-hydroxylation sites is 1. The average Bonchev–Trinajstić information content (AvgIpc) is 2.83. The second kappa shape index (κ2) is 5.98. The summed E-state index contributed by atoms with van der Waals surface area (Å²) < 4.78 is 12.6. The van der Waals surface area contributed by atoms with Gasteiger partial charge >= 0.3 is 0 Å². The molecule has 7 heteroatoms. The summed E-state index contributed by atoms with van der Waals surface area (Å²) in [5.74, 6) is 0.839. The molecule has 2 aliphatic heterocycles. The molecule has 0 radical (unpaired) electrons. The van der Waals surface area contributed by atoms with E-state index >= 15 is 0 Å². The van der Waals surface area contributed by atoms with E-state index in [1.807, 2.05) is 32.2 Å². The first kappa shape index (κ1) is 18.8. The highest BCUT2D eigenvalue weighted by Crippen LogP contribution is 2.59. The molecule has 0 fully saturated rings. The van der Waals surface area contributed by atoms with Crippen molar-refractivity contribution < 1.29 is 14.4 Å². The summed E-state index contributed by atoms with van der Waals surface area (Å²) in [5, 5.41) is 11.5. The zero-order valence-electron chi connectivity index (χ0n) is 16.4. The lowest BCUT2D eigenvalue weighted by Crippen LogP contribution is -2.60. The van der Waals surface area contributed by atoms with Gasteiger partial charge in [0.25, 0.3) is 5.69 Å². The van der Waals surface area contributed by atoms with Gasteiger partial charge in [0.15, 0.2) is 11.5 Å². The number of benzene rings is 2. The van der Waals surface area contributed by atoms with Crippen molar-refractivity contribution in [1.82, 2.24) is 0 Å². The van der Waals surface area contributed by atoms with Gasteiger partial charge in [-0.2, -0.15) is 0 Å². The molecule has 2 aromatic rings. The third kappa shape index (κ3) is 2.13. The molecule has 2 heterocycles. The minimum absolute atomic E-state index is 0.0541. The van der Waals surface area contributed by atoms with Crippen LogP contribution in [0, 0.1) is 10.1 Å². The number of rotatable bonds is 2. The van der Waals surface area contributed by atoms with Crippen molar-refractivity contribution in [3.8, 4) is 11.5 Å². The van der Waals surface area contributed by atoms with Crippen LogP contribution in [0.2, 0.25) is 0 Å². The van der Waals surface area contributed by atoms with Gasteiger partial charge in [0.1, 0.15) is 4.47 Å². The van der Waals surface area contributed by atoms with E-state index in [-0.39, 0.29) is 11.1 Å². The fourth-order valence-electron chi connectivity index (χ4n) is 4.70. The topological polar surface area (TPSA) is 64.8 Å².